The number of carbonyl (C=O) groups excluding carboxylic acids is 1. The number of pyridine rings is 1. The van der Waals surface area contributed by atoms with Gasteiger partial charge in [0.05, 0.1) is 5.56 Å². The second-order valence-corrected chi connectivity index (χ2v) is 3.35. The quantitative estimate of drug-likeness (QED) is 0.606. The monoisotopic (exact) mass is 220 g/mol. The highest BCUT2D eigenvalue weighted by Gasteiger charge is 2.15. The topological polar surface area (TPSA) is 70.5 Å². The molecule has 0 atom stereocenters. The zero-order chi connectivity index (χ0) is 12.1. The average molecular weight is 220 g/mol. The van der Waals surface area contributed by atoms with E-state index in [9.17, 15) is 9.59 Å². The first kappa shape index (κ1) is 11.9. The Morgan fingerprint density at radius 3 is 2.69 bits per heavy atom. The largest absolute Gasteiger partial charge is 0.478 e. The van der Waals surface area contributed by atoms with Crippen LogP contribution in [0.5, 0.6) is 0 Å². The second kappa shape index (κ2) is 5.06. The average Bonchev–Trinajstić information content (AvgIpc) is 2.25. The number of carboxylic acid groups (broad SMARTS) is 1. The summed E-state index contributed by atoms with van der Waals surface area (Å²) in [6.07, 6.45) is 4.22. The molecule has 1 aromatic rings. The highest BCUT2D eigenvalue weighted by molar-refractivity contribution is 6.09. The molecule has 0 radical (unpaired) electrons. The SMILES string of the molecule is CN(C)/C=C/C(=O)c1ncccc1C(=O)O. The van der Waals surface area contributed by atoms with Crippen LogP contribution in [0.2, 0.25) is 0 Å². The summed E-state index contributed by atoms with van der Waals surface area (Å²) < 4.78 is 0. The van der Waals surface area contributed by atoms with E-state index in [-0.39, 0.29) is 11.3 Å². The van der Waals surface area contributed by atoms with Crippen molar-refractivity contribution in [3.63, 3.8) is 0 Å². The molecule has 1 heterocycles. The minimum absolute atomic E-state index is 0.0481. The van der Waals surface area contributed by atoms with Gasteiger partial charge in [0.25, 0.3) is 0 Å². The van der Waals surface area contributed by atoms with Crippen molar-refractivity contribution < 1.29 is 14.7 Å². The summed E-state index contributed by atoms with van der Waals surface area (Å²) in [6, 6.07) is 2.84. The molecule has 0 fully saturated rings. The molecule has 84 valence electrons. The third-order valence-corrected chi connectivity index (χ3v) is 1.80. The number of rotatable bonds is 4. The van der Waals surface area contributed by atoms with Gasteiger partial charge in [-0.2, -0.15) is 0 Å². The van der Waals surface area contributed by atoms with E-state index in [1.165, 1.54) is 24.4 Å². The second-order valence-electron chi connectivity index (χ2n) is 3.35. The smallest absolute Gasteiger partial charge is 0.338 e. The summed E-state index contributed by atoms with van der Waals surface area (Å²) >= 11 is 0. The molecule has 0 aliphatic carbocycles. The Balaban J connectivity index is 3.04. The van der Waals surface area contributed by atoms with Crippen LogP contribution in [0.4, 0.5) is 0 Å². The van der Waals surface area contributed by atoms with Gasteiger partial charge >= 0.3 is 5.97 Å². The molecule has 5 heteroatoms. The van der Waals surface area contributed by atoms with Crippen LogP contribution >= 0.6 is 0 Å². The number of hydrogen-bond acceptors (Lipinski definition) is 4. The minimum Gasteiger partial charge on any atom is -0.478 e. The summed E-state index contributed by atoms with van der Waals surface area (Å²) in [5.41, 5.74) is -0.135. The molecule has 1 aromatic heterocycles. The van der Waals surface area contributed by atoms with Crippen molar-refractivity contribution >= 4 is 11.8 Å². The Bertz CT molecular complexity index is 439. The van der Waals surface area contributed by atoms with E-state index in [1.807, 2.05) is 0 Å². The van der Waals surface area contributed by atoms with E-state index >= 15 is 0 Å². The lowest BCUT2D eigenvalue weighted by molar-refractivity contribution is 0.0692. The number of aromatic carboxylic acids is 1. The van der Waals surface area contributed by atoms with Crippen LogP contribution in [0.1, 0.15) is 20.8 Å². The lowest BCUT2D eigenvalue weighted by atomic mass is 10.1. The van der Waals surface area contributed by atoms with E-state index < -0.39 is 11.8 Å². The van der Waals surface area contributed by atoms with Crippen LogP contribution in [-0.4, -0.2) is 40.8 Å². The number of carbonyl (C=O) groups is 2. The first-order valence-corrected chi connectivity index (χ1v) is 4.59. The predicted molar refractivity (Wildman–Crippen MR) is 58.4 cm³/mol. The molecule has 0 saturated heterocycles. The van der Waals surface area contributed by atoms with Crippen LogP contribution in [0.15, 0.2) is 30.6 Å². The highest BCUT2D eigenvalue weighted by atomic mass is 16.4. The summed E-state index contributed by atoms with van der Waals surface area (Å²) in [5.74, 6) is -1.58. The van der Waals surface area contributed by atoms with Gasteiger partial charge in [0, 0.05) is 32.6 Å². The van der Waals surface area contributed by atoms with Crippen LogP contribution < -0.4 is 0 Å². The van der Waals surface area contributed by atoms with Crippen molar-refractivity contribution in [1.29, 1.82) is 0 Å². The number of aromatic nitrogens is 1. The predicted octanol–water partition coefficient (Wildman–Crippen LogP) is 1.04. The van der Waals surface area contributed by atoms with Crippen molar-refractivity contribution in [1.82, 2.24) is 9.88 Å². The van der Waals surface area contributed by atoms with Gasteiger partial charge in [-0.15, -0.1) is 0 Å². The zero-order valence-corrected chi connectivity index (χ0v) is 9.04. The normalized spacial score (nSPS) is 10.4. The summed E-state index contributed by atoms with van der Waals surface area (Å²) in [6.45, 7) is 0. The lowest BCUT2D eigenvalue weighted by Crippen LogP contribution is -2.10. The molecular weight excluding hydrogens is 208 g/mol. The Labute approximate surface area is 93.0 Å². The molecule has 0 saturated carbocycles. The van der Waals surface area contributed by atoms with Crippen LogP contribution in [-0.2, 0) is 0 Å². The van der Waals surface area contributed by atoms with Crippen molar-refractivity contribution in [2.45, 2.75) is 0 Å². The van der Waals surface area contributed by atoms with E-state index in [0.29, 0.717) is 0 Å². The molecule has 0 unspecified atom stereocenters. The first-order valence-electron chi connectivity index (χ1n) is 4.59. The highest BCUT2D eigenvalue weighted by Crippen LogP contribution is 2.06. The maximum atomic E-state index is 11.6. The molecule has 0 spiro atoms. The molecule has 0 amide bonds. The van der Waals surface area contributed by atoms with Gasteiger partial charge in [-0.1, -0.05) is 0 Å². The van der Waals surface area contributed by atoms with Crippen molar-refractivity contribution in [3.8, 4) is 0 Å². The van der Waals surface area contributed by atoms with Crippen LogP contribution in [0.25, 0.3) is 0 Å². The van der Waals surface area contributed by atoms with E-state index in [0.717, 1.165) is 0 Å². The third kappa shape index (κ3) is 2.91. The van der Waals surface area contributed by atoms with Gasteiger partial charge in [-0.05, 0) is 12.1 Å². The van der Waals surface area contributed by atoms with E-state index in [1.54, 1.807) is 25.2 Å². The fourth-order valence-corrected chi connectivity index (χ4v) is 1.07. The van der Waals surface area contributed by atoms with Gasteiger partial charge in [-0.3, -0.25) is 9.78 Å². The Hall–Kier alpha value is -2.17. The van der Waals surface area contributed by atoms with Crippen LogP contribution in [0, 0.1) is 0 Å². The van der Waals surface area contributed by atoms with E-state index in [4.69, 9.17) is 5.11 Å². The van der Waals surface area contributed by atoms with Gasteiger partial charge in [-0.25, -0.2) is 4.79 Å². The fourth-order valence-electron chi connectivity index (χ4n) is 1.07. The molecule has 0 aromatic carbocycles. The molecule has 0 aliphatic rings. The van der Waals surface area contributed by atoms with Crippen molar-refractivity contribution in [2.75, 3.05) is 14.1 Å². The minimum atomic E-state index is -1.16. The zero-order valence-electron chi connectivity index (χ0n) is 9.04. The summed E-state index contributed by atoms with van der Waals surface area (Å²) in [7, 11) is 3.53. The van der Waals surface area contributed by atoms with Crippen LogP contribution in [0.3, 0.4) is 0 Å². The van der Waals surface area contributed by atoms with Gasteiger partial charge < -0.3 is 10.0 Å². The molecule has 0 aliphatic heterocycles. The number of allylic oxidation sites excluding steroid dienone is 1. The fraction of sp³-hybridized carbons (Fsp3) is 0.182. The van der Waals surface area contributed by atoms with Gasteiger partial charge in [0.2, 0.25) is 5.78 Å². The third-order valence-electron chi connectivity index (χ3n) is 1.80. The molecule has 0 bridgehead atoms. The molecule has 16 heavy (non-hydrogen) atoms. The summed E-state index contributed by atoms with van der Waals surface area (Å²) in [5, 5.41) is 8.87. The van der Waals surface area contributed by atoms with E-state index in [2.05, 4.69) is 4.98 Å². The number of ketones is 1. The number of carboxylic acids is 1. The lowest BCUT2D eigenvalue weighted by Gasteiger charge is -2.03. The van der Waals surface area contributed by atoms with Gasteiger partial charge in [0.1, 0.15) is 5.69 Å². The van der Waals surface area contributed by atoms with Gasteiger partial charge in [0.15, 0.2) is 0 Å². The Morgan fingerprint density at radius 2 is 2.12 bits per heavy atom. The van der Waals surface area contributed by atoms with Crippen molar-refractivity contribution in [3.05, 3.63) is 41.9 Å². The first-order chi connectivity index (χ1) is 7.52. The maximum absolute atomic E-state index is 11.6. The molecule has 5 nitrogen and oxygen atoms in total. The Kier molecular flexibility index (Phi) is 3.77. The molecule has 1 rings (SSSR count). The van der Waals surface area contributed by atoms with Crippen molar-refractivity contribution in [2.24, 2.45) is 0 Å². The Morgan fingerprint density at radius 1 is 1.44 bits per heavy atom. The summed E-state index contributed by atoms with van der Waals surface area (Å²) in [4.78, 5) is 27.9. The molecular formula is C11H12N2O3. The molecule has 1 N–H and O–H groups in total. The number of hydrogen-bond donors (Lipinski definition) is 1. The number of nitrogens with zero attached hydrogens (tertiary/aromatic N) is 2. The standard InChI is InChI=1S/C11H12N2O3/c1-13(2)7-5-9(14)10-8(11(15)16)4-3-6-12-10/h3-7H,1-2H3,(H,15,16)/b7-5+. The maximum Gasteiger partial charge on any atom is 0.338 e.